The molecule has 0 spiro atoms. The third kappa shape index (κ3) is 1.57. The number of β-amino-alcohol motifs (C(OH)–C–C–N with tert-alkyl or cyclic N) is 1. The number of esters is 1. The molecule has 2 aliphatic rings. The zero-order chi connectivity index (χ0) is 10.9. The van der Waals surface area contributed by atoms with E-state index in [0.717, 1.165) is 18.6 Å². The lowest BCUT2D eigenvalue weighted by atomic mass is 9.66. The summed E-state index contributed by atoms with van der Waals surface area (Å²) in [5.74, 6) is 1.50. The number of rotatable bonds is 2. The Kier molecular flexibility index (Phi) is 2.96. The number of hydrogen-bond donors (Lipinski definition) is 2. The molecule has 0 radical (unpaired) electrons. The normalized spacial score (nSPS) is 34.3. The first-order chi connectivity index (χ1) is 7.15. The number of aliphatic hydroxyl groups is 1. The molecular weight excluding hydrogens is 214 g/mol. The fourth-order valence-electron chi connectivity index (χ4n) is 2.41. The minimum Gasteiger partial charge on any atom is -0.468 e. The van der Waals surface area contributed by atoms with Gasteiger partial charge in [0.1, 0.15) is 11.0 Å². The van der Waals surface area contributed by atoms with Crippen molar-refractivity contribution in [1.82, 2.24) is 5.32 Å². The Morgan fingerprint density at radius 1 is 1.53 bits per heavy atom. The van der Waals surface area contributed by atoms with Gasteiger partial charge < -0.3 is 15.2 Å². The van der Waals surface area contributed by atoms with Crippen molar-refractivity contribution in [3.8, 4) is 0 Å². The highest BCUT2D eigenvalue weighted by atomic mass is 32.2. The van der Waals surface area contributed by atoms with Gasteiger partial charge >= 0.3 is 5.97 Å². The van der Waals surface area contributed by atoms with Crippen LogP contribution < -0.4 is 5.32 Å². The number of hydrogen-bond acceptors (Lipinski definition) is 5. The summed E-state index contributed by atoms with van der Waals surface area (Å²) in [6, 6.07) is 0. The minimum absolute atomic E-state index is 0.251. The Morgan fingerprint density at radius 2 is 2.27 bits per heavy atom. The van der Waals surface area contributed by atoms with Crippen LogP contribution >= 0.6 is 11.8 Å². The molecule has 0 aromatic rings. The molecule has 86 valence electrons. The Bertz CT molecular complexity index is 259. The molecular formula is C10H17NO3S. The standard InChI is InChI=1S/C10H17NO3S/c1-14-8(12)9(3-2-4-15-7-9)10(13)5-11-6-10/h11,13H,2-7H2,1H3. The molecule has 2 N–H and O–H groups in total. The fourth-order valence-corrected chi connectivity index (χ4v) is 3.78. The summed E-state index contributed by atoms with van der Waals surface area (Å²) in [5.41, 5.74) is -1.58. The van der Waals surface area contributed by atoms with Gasteiger partial charge in [0.25, 0.3) is 0 Å². The van der Waals surface area contributed by atoms with Crippen molar-refractivity contribution in [1.29, 1.82) is 0 Å². The smallest absolute Gasteiger partial charge is 0.315 e. The Hall–Kier alpha value is -0.260. The van der Waals surface area contributed by atoms with Crippen LogP contribution in [0, 0.1) is 5.41 Å². The first-order valence-corrected chi connectivity index (χ1v) is 6.39. The summed E-state index contributed by atoms with van der Waals surface area (Å²) in [7, 11) is 1.40. The Morgan fingerprint density at radius 3 is 2.67 bits per heavy atom. The van der Waals surface area contributed by atoms with Crippen LogP contribution in [-0.4, -0.2) is 48.4 Å². The molecule has 2 saturated heterocycles. The number of thioether (sulfide) groups is 1. The lowest BCUT2D eigenvalue weighted by molar-refractivity contribution is -0.179. The van der Waals surface area contributed by atoms with E-state index in [1.54, 1.807) is 11.8 Å². The first kappa shape index (κ1) is 11.2. The predicted octanol–water partition coefficient (Wildman–Crippen LogP) is 0.00710. The second-order valence-electron chi connectivity index (χ2n) is 4.36. The van der Waals surface area contributed by atoms with Crippen LogP contribution in [0.2, 0.25) is 0 Å². The average molecular weight is 231 g/mol. The van der Waals surface area contributed by atoms with E-state index in [1.807, 2.05) is 0 Å². The van der Waals surface area contributed by atoms with E-state index < -0.39 is 11.0 Å². The molecule has 1 unspecified atom stereocenters. The fraction of sp³-hybridized carbons (Fsp3) is 0.900. The molecule has 2 aliphatic heterocycles. The van der Waals surface area contributed by atoms with Gasteiger partial charge in [0.15, 0.2) is 0 Å². The molecule has 0 saturated carbocycles. The van der Waals surface area contributed by atoms with E-state index in [0.29, 0.717) is 18.8 Å². The second-order valence-corrected chi connectivity index (χ2v) is 5.47. The lowest BCUT2D eigenvalue weighted by Gasteiger charge is -2.52. The van der Waals surface area contributed by atoms with Gasteiger partial charge in [-0.25, -0.2) is 0 Å². The summed E-state index contributed by atoms with van der Waals surface area (Å²) < 4.78 is 4.88. The van der Waals surface area contributed by atoms with Crippen LogP contribution in [0.5, 0.6) is 0 Å². The van der Waals surface area contributed by atoms with Gasteiger partial charge in [-0.05, 0) is 18.6 Å². The second kappa shape index (κ2) is 3.96. The highest BCUT2D eigenvalue weighted by molar-refractivity contribution is 7.99. The number of methoxy groups -OCH3 is 1. The van der Waals surface area contributed by atoms with Crippen LogP contribution in [-0.2, 0) is 9.53 Å². The van der Waals surface area contributed by atoms with E-state index in [1.165, 1.54) is 7.11 Å². The summed E-state index contributed by atoms with van der Waals surface area (Å²) in [6.45, 7) is 1.01. The summed E-state index contributed by atoms with van der Waals surface area (Å²) in [6.07, 6.45) is 1.72. The molecule has 0 amide bonds. The van der Waals surface area contributed by atoms with E-state index >= 15 is 0 Å². The third-order valence-corrected chi connectivity index (χ3v) is 4.82. The highest BCUT2D eigenvalue weighted by Crippen LogP contribution is 2.45. The van der Waals surface area contributed by atoms with Gasteiger partial charge in [0, 0.05) is 18.8 Å². The van der Waals surface area contributed by atoms with Crippen LogP contribution in [0.25, 0.3) is 0 Å². The van der Waals surface area contributed by atoms with Gasteiger partial charge in [-0.3, -0.25) is 4.79 Å². The van der Waals surface area contributed by atoms with Gasteiger partial charge in [-0.15, -0.1) is 0 Å². The minimum atomic E-state index is -0.895. The molecule has 0 aromatic carbocycles. The zero-order valence-electron chi connectivity index (χ0n) is 8.91. The SMILES string of the molecule is COC(=O)C1(C2(O)CNC2)CCCSC1. The molecule has 0 aliphatic carbocycles. The summed E-state index contributed by atoms with van der Waals surface area (Å²) >= 11 is 1.73. The molecule has 2 fully saturated rings. The van der Waals surface area contributed by atoms with Crippen LogP contribution in [0.4, 0.5) is 0 Å². The molecule has 15 heavy (non-hydrogen) atoms. The lowest BCUT2D eigenvalue weighted by Crippen LogP contribution is -2.72. The van der Waals surface area contributed by atoms with Crippen molar-refractivity contribution in [2.45, 2.75) is 18.4 Å². The van der Waals surface area contributed by atoms with Gasteiger partial charge in [0.2, 0.25) is 0 Å². The molecule has 4 nitrogen and oxygen atoms in total. The number of nitrogens with one attached hydrogen (secondary N) is 1. The highest BCUT2D eigenvalue weighted by Gasteiger charge is 2.59. The quantitative estimate of drug-likeness (QED) is 0.656. The molecule has 0 aromatic heterocycles. The Labute approximate surface area is 93.8 Å². The van der Waals surface area contributed by atoms with E-state index in [2.05, 4.69) is 5.32 Å². The zero-order valence-corrected chi connectivity index (χ0v) is 9.73. The molecule has 5 heteroatoms. The molecule has 1 atom stereocenters. The maximum absolute atomic E-state index is 11.9. The third-order valence-electron chi connectivity index (χ3n) is 3.54. The van der Waals surface area contributed by atoms with Crippen molar-refractivity contribution in [3.05, 3.63) is 0 Å². The number of carbonyl (C=O) groups excluding carboxylic acids is 1. The van der Waals surface area contributed by atoms with Crippen LogP contribution in [0.1, 0.15) is 12.8 Å². The van der Waals surface area contributed by atoms with Gasteiger partial charge in [-0.2, -0.15) is 11.8 Å². The molecule has 2 rings (SSSR count). The molecule has 0 bridgehead atoms. The topological polar surface area (TPSA) is 58.6 Å². The van der Waals surface area contributed by atoms with Crippen molar-refractivity contribution in [3.63, 3.8) is 0 Å². The van der Waals surface area contributed by atoms with Crippen molar-refractivity contribution < 1.29 is 14.6 Å². The van der Waals surface area contributed by atoms with E-state index in [4.69, 9.17) is 4.74 Å². The van der Waals surface area contributed by atoms with Crippen molar-refractivity contribution in [2.24, 2.45) is 5.41 Å². The van der Waals surface area contributed by atoms with Crippen LogP contribution in [0.15, 0.2) is 0 Å². The maximum atomic E-state index is 11.9. The molecule has 2 heterocycles. The predicted molar refractivity (Wildman–Crippen MR) is 58.8 cm³/mol. The van der Waals surface area contributed by atoms with Gasteiger partial charge in [0.05, 0.1) is 7.11 Å². The van der Waals surface area contributed by atoms with Crippen molar-refractivity contribution in [2.75, 3.05) is 31.7 Å². The average Bonchev–Trinajstić information content (AvgIpc) is 2.25. The van der Waals surface area contributed by atoms with Gasteiger partial charge in [-0.1, -0.05) is 0 Å². The van der Waals surface area contributed by atoms with E-state index in [-0.39, 0.29) is 5.97 Å². The van der Waals surface area contributed by atoms with E-state index in [9.17, 15) is 9.90 Å². The summed E-state index contributed by atoms with van der Waals surface area (Å²) in [5, 5.41) is 13.4. The number of carbonyl (C=O) groups is 1. The maximum Gasteiger partial charge on any atom is 0.315 e. The summed E-state index contributed by atoms with van der Waals surface area (Å²) in [4.78, 5) is 11.9. The van der Waals surface area contributed by atoms with Crippen molar-refractivity contribution >= 4 is 17.7 Å². The first-order valence-electron chi connectivity index (χ1n) is 5.24. The Balaban J connectivity index is 2.25. The number of ether oxygens (including phenoxy) is 1. The monoisotopic (exact) mass is 231 g/mol. The van der Waals surface area contributed by atoms with Crippen LogP contribution in [0.3, 0.4) is 0 Å². The largest absolute Gasteiger partial charge is 0.468 e.